The Morgan fingerprint density at radius 1 is 1.10 bits per heavy atom. The van der Waals surface area contributed by atoms with Crippen LogP contribution >= 0.6 is 0 Å². The minimum absolute atomic E-state index is 0.110. The first-order valence-corrected chi connectivity index (χ1v) is 10.2. The fourth-order valence-corrected chi connectivity index (χ4v) is 3.68. The van der Waals surface area contributed by atoms with E-state index < -0.39 is 0 Å². The van der Waals surface area contributed by atoms with Gasteiger partial charge in [0.15, 0.2) is 5.65 Å². The Labute approximate surface area is 176 Å². The third-order valence-corrected chi connectivity index (χ3v) is 5.16. The second-order valence-corrected chi connectivity index (χ2v) is 7.61. The average molecular weight is 409 g/mol. The number of ether oxygens (including phenoxy) is 2. The van der Waals surface area contributed by atoms with Gasteiger partial charge in [-0.2, -0.15) is 5.10 Å². The highest BCUT2D eigenvalue weighted by atomic mass is 16.6. The third kappa shape index (κ3) is 4.09. The zero-order valence-corrected chi connectivity index (χ0v) is 17.6. The number of aromatic nitrogens is 3. The Bertz CT molecular complexity index is 1020. The van der Waals surface area contributed by atoms with E-state index in [9.17, 15) is 4.79 Å². The predicted molar refractivity (Wildman–Crippen MR) is 115 cm³/mol. The number of amides is 1. The lowest BCUT2D eigenvalue weighted by Crippen LogP contribution is -2.49. The molecule has 0 N–H and O–H groups in total. The summed E-state index contributed by atoms with van der Waals surface area (Å²) in [5.74, 6) is 0.880. The zero-order chi connectivity index (χ0) is 21.1. The first-order valence-electron chi connectivity index (χ1n) is 10.2. The standard InChI is InChI=1S/C22H27N5O3/c1-16(2)30-22(28)26-12-10-25(11-13-26)20-8-9-27-21(24-20)19(14-23-27)18-7-5-4-6-17(18)15-29-3/h4-9,14,16H,10-13,15H2,1-3H3. The van der Waals surface area contributed by atoms with Gasteiger partial charge in [-0.3, -0.25) is 0 Å². The molecule has 1 saturated heterocycles. The lowest BCUT2D eigenvalue weighted by atomic mass is 10.0. The Balaban J connectivity index is 1.57. The number of hydrogen-bond acceptors (Lipinski definition) is 6. The summed E-state index contributed by atoms with van der Waals surface area (Å²) in [7, 11) is 1.69. The molecule has 2 aromatic heterocycles. The molecule has 1 aliphatic rings. The lowest BCUT2D eigenvalue weighted by molar-refractivity contribution is 0.0751. The van der Waals surface area contributed by atoms with Crippen LogP contribution in [0.2, 0.25) is 0 Å². The number of carbonyl (C=O) groups is 1. The highest BCUT2D eigenvalue weighted by Gasteiger charge is 2.24. The van der Waals surface area contributed by atoms with Crippen molar-refractivity contribution in [1.29, 1.82) is 0 Å². The van der Waals surface area contributed by atoms with Crippen molar-refractivity contribution in [2.75, 3.05) is 38.2 Å². The molecule has 1 fully saturated rings. The molecule has 8 nitrogen and oxygen atoms in total. The molecular weight excluding hydrogens is 382 g/mol. The zero-order valence-electron chi connectivity index (χ0n) is 17.6. The van der Waals surface area contributed by atoms with Crippen molar-refractivity contribution in [3.8, 4) is 11.1 Å². The van der Waals surface area contributed by atoms with Crippen LogP contribution < -0.4 is 4.90 Å². The Morgan fingerprint density at radius 3 is 2.60 bits per heavy atom. The first kappa shape index (κ1) is 20.2. The molecule has 0 saturated carbocycles. The molecule has 0 aliphatic carbocycles. The molecule has 0 radical (unpaired) electrons. The second-order valence-electron chi connectivity index (χ2n) is 7.61. The number of hydrogen-bond donors (Lipinski definition) is 0. The van der Waals surface area contributed by atoms with E-state index in [1.165, 1.54) is 0 Å². The molecule has 1 amide bonds. The van der Waals surface area contributed by atoms with Gasteiger partial charge in [-0.05, 0) is 31.0 Å². The summed E-state index contributed by atoms with van der Waals surface area (Å²) in [6.07, 6.45) is 3.42. The smallest absolute Gasteiger partial charge is 0.410 e. The average Bonchev–Trinajstić information content (AvgIpc) is 3.17. The number of fused-ring (bicyclic) bond motifs is 1. The maximum Gasteiger partial charge on any atom is 0.410 e. The van der Waals surface area contributed by atoms with Crippen LogP contribution in [0.5, 0.6) is 0 Å². The Kier molecular flexibility index (Phi) is 5.85. The van der Waals surface area contributed by atoms with Crippen molar-refractivity contribution in [2.45, 2.75) is 26.6 Å². The molecule has 4 rings (SSSR count). The first-order chi connectivity index (χ1) is 14.6. The SMILES string of the molecule is COCc1ccccc1-c1cnn2ccc(N3CCN(C(=O)OC(C)C)CC3)nc12. The molecule has 0 spiro atoms. The van der Waals surface area contributed by atoms with Gasteiger partial charge in [0, 0.05) is 45.0 Å². The quantitative estimate of drug-likeness (QED) is 0.644. The molecule has 0 bridgehead atoms. The van der Waals surface area contributed by atoms with Crippen molar-refractivity contribution in [2.24, 2.45) is 0 Å². The number of anilines is 1. The summed E-state index contributed by atoms with van der Waals surface area (Å²) in [5, 5.41) is 4.47. The fourth-order valence-electron chi connectivity index (χ4n) is 3.68. The van der Waals surface area contributed by atoms with Crippen LogP contribution in [0.3, 0.4) is 0 Å². The van der Waals surface area contributed by atoms with E-state index in [-0.39, 0.29) is 12.2 Å². The molecule has 1 aliphatic heterocycles. The van der Waals surface area contributed by atoms with E-state index in [2.05, 4.69) is 22.1 Å². The van der Waals surface area contributed by atoms with E-state index >= 15 is 0 Å². The molecule has 8 heteroatoms. The van der Waals surface area contributed by atoms with E-state index in [0.717, 1.165) is 28.2 Å². The van der Waals surface area contributed by atoms with Gasteiger partial charge in [-0.15, -0.1) is 0 Å². The molecule has 0 unspecified atom stereocenters. The number of rotatable bonds is 5. The van der Waals surface area contributed by atoms with E-state index in [1.54, 1.807) is 16.5 Å². The predicted octanol–water partition coefficient (Wildman–Crippen LogP) is 3.21. The fraction of sp³-hybridized carbons (Fsp3) is 0.409. The largest absolute Gasteiger partial charge is 0.447 e. The summed E-state index contributed by atoms with van der Waals surface area (Å²) in [4.78, 5) is 21.0. The molecule has 1 aromatic carbocycles. The topological polar surface area (TPSA) is 72.2 Å². The highest BCUT2D eigenvalue weighted by Crippen LogP contribution is 2.28. The van der Waals surface area contributed by atoms with Gasteiger partial charge in [0.1, 0.15) is 5.82 Å². The summed E-state index contributed by atoms with van der Waals surface area (Å²) in [6.45, 7) is 6.90. The molecule has 30 heavy (non-hydrogen) atoms. The van der Waals surface area contributed by atoms with Gasteiger partial charge in [0.25, 0.3) is 0 Å². The molecule has 3 aromatic rings. The molecular formula is C22H27N5O3. The summed E-state index contributed by atoms with van der Waals surface area (Å²) in [6, 6.07) is 10.1. The monoisotopic (exact) mass is 409 g/mol. The lowest BCUT2D eigenvalue weighted by Gasteiger charge is -2.35. The van der Waals surface area contributed by atoms with E-state index in [1.807, 2.05) is 44.4 Å². The Morgan fingerprint density at radius 2 is 1.87 bits per heavy atom. The van der Waals surface area contributed by atoms with Gasteiger partial charge in [0.2, 0.25) is 0 Å². The van der Waals surface area contributed by atoms with Gasteiger partial charge in [-0.1, -0.05) is 24.3 Å². The van der Waals surface area contributed by atoms with E-state index in [0.29, 0.717) is 32.8 Å². The van der Waals surface area contributed by atoms with Gasteiger partial charge in [0.05, 0.1) is 18.9 Å². The highest BCUT2D eigenvalue weighted by molar-refractivity contribution is 5.80. The second kappa shape index (κ2) is 8.71. The van der Waals surface area contributed by atoms with Crippen molar-refractivity contribution in [1.82, 2.24) is 19.5 Å². The van der Waals surface area contributed by atoms with Crippen LogP contribution in [-0.2, 0) is 16.1 Å². The van der Waals surface area contributed by atoms with Crippen molar-refractivity contribution in [3.63, 3.8) is 0 Å². The van der Waals surface area contributed by atoms with Gasteiger partial charge < -0.3 is 19.3 Å². The van der Waals surface area contributed by atoms with Gasteiger partial charge >= 0.3 is 6.09 Å². The minimum atomic E-state index is -0.249. The van der Waals surface area contributed by atoms with Crippen LogP contribution in [0.25, 0.3) is 16.8 Å². The normalized spacial score (nSPS) is 14.5. The third-order valence-electron chi connectivity index (χ3n) is 5.16. The minimum Gasteiger partial charge on any atom is -0.447 e. The molecule has 3 heterocycles. The number of piperazine rings is 1. The van der Waals surface area contributed by atoms with Crippen molar-refractivity contribution < 1.29 is 14.3 Å². The number of carbonyl (C=O) groups excluding carboxylic acids is 1. The number of benzene rings is 1. The summed E-state index contributed by atoms with van der Waals surface area (Å²) >= 11 is 0. The van der Waals surface area contributed by atoms with Crippen LogP contribution in [0.1, 0.15) is 19.4 Å². The number of nitrogens with zero attached hydrogens (tertiary/aromatic N) is 5. The number of methoxy groups -OCH3 is 1. The summed E-state index contributed by atoms with van der Waals surface area (Å²) < 4.78 is 12.4. The van der Waals surface area contributed by atoms with Crippen LogP contribution in [-0.4, -0.2) is 65.0 Å². The van der Waals surface area contributed by atoms with Crippen LogP contribution in [0.15, 0.2) is 42.7 Å². The van der Waals surface area contributed by atoms with Crippen molar-refractivity contribution in [3.05, 3.63) is 48.3 Å². The van der Waals surface area contributed by atoms with Crippen molar-refractivity contribution >= 4 is 17.6 Å². The Hall–Kier alpha value is -3.13. The molecule has 158 valence electrons. The maximum absolute atomic E-state index is 12.1. The van der Waals surface area contributed by atoms with Gasteiger partial charge in [-0.25, -0.2) is 14.3 Å². The van der Waals surface area contributed by atoms with Crippen LogP contribution in [0, 0.1) is 0 Å². The molecule has 0 atom stereocenters. The summed E-state index contributed by atoms with van der Waals surface area (Å²) in [5.41, 5.74) is 3.95. The van der Waals surface area contributed by atoms with E-state index in [4.69, 9.17) is 14.5 Å². The maximum atomic E-state index is 12.1. The van der Waals surface area contributed by atoms with Crippen LogP contribution in [0.4, 0.5) is 10.6 Å².